The number of rotatable bonds is 4. The first-order valence-corrected chi connectivity index (χ1v) is 10.5. The third-order valence-electron chi connectivity index (χ3n) is 5.14. The van der Waals surface area contributed by atoms with Crippen LogP contribution in [-0.4, -0.2) is 48.5 Å². The van der Waals surface area contributed by atoms with Crippen molar-refractivity contribution >= 4 is 40.7 Å². The Morgan fingerprint density at radius 3 is 2.42 bits per heavy atom. The molecule has 2 heterocycles. The molecular weight excluding hydrogens is 484 g/mol. The number of nitrogens with two attached hydrogens (primary N) is 1. The molecule has 174 valence electrons. The number of carbonyl (C=O) groups is 1. The van der Waals surface area contributed by atoms with Crippen LogP contribution in [0.15, 0.2) is 47.0 Å². The van der Waals surface area contributed by atoms with E-state index in [4.69, 9.17) is 33.5 Å². The van der Waals surface area contributed by atoms with Crippen LogP contribution >= 0.6 is 23.2 Å². The Bertz CT molecular complexity index is 1180. The highest BCUT2D eigenvalue weighted by Crippen LogP contribution is 2.37. The molecule has 7 nitrogen and oxygen atoms in total. The van der Waals surface area contributed by atoms with Gasteiger partial charge in [-0.2, -0.15) is 0 Å². The van der Waals surface area contributed by atoms with Crippen LogP contribution in [0.1, 0.15) is 10.4 Å². The molecule has 2 aromatic carbocycles. The largest absolute Gasteiger partial charge is 0.573 e. The molecule has 1 saturated heterocycles. The molecule has 33 heavy (non-hydrogen) atoms. The zero-order valence-electron chi connectivity index (χ0n) is 16.9. The molecule has 1 fully saturated rings. The average molecular weight is 501 g/mol. The van der Waals surface area contributed by atoms with Crippen molar-refractivity contribution in [1.29, 1.82) is 0 Å². The second-order valence-electron chi connectivity index (χ2n) is 7.19. The van der Waals surface area contributed by atoms with Crippen molar-refractivity contribution in [3.8, 4) is 17.0 Å². The van der Waals surface area contributed by atoms with Crippen LogP contribution in [0.2, 0.25) is 10.0 Å². The molecule has 0 bridgehead atoms. The molecule has 12 heteroatoms. The van der Waals surface area contributed by atoms with Crippen LogP contribution in [0.4, 0.5) is 24.7 Å². The van der Waals surface area contributed by atoms with Crippen molar-refractivity contribution in [2.45, 2.75) is 6.36 Å². The topological polar surface area (TPSA) is 84.8 Å². The summed E-state index contributed by atoms with van der Waals surface area (Å²) in [6, 6.07) is 10.6. The molecule has 0 unspecified atom stereocenters. The lowest BCUT2D eigenvalue weighted by molar-refractivity contribution is -0.274. The van der Waals surface area contributed by atoms with E-state index in [9.17, 15) is 18.0 Å². The van der Waals surface area contributed by atoms with E-state index in [1.807, 2.05) is 11.0 Å². The summed E-state index contributed by atoms with van der Waals surface area (Å²) < 4.78 is 47.5. The highest BCUT2D eigenvalue weighted by atomic mass is 35.5. The number of carbonyl (C=O) groups excluding carboxylic acids is 1. The normalized spacial score (nSPS) is 14.5. The van der Waals surface area contributed by atoms with Crippen molar-refractivity contribution in [3.63, 3.8) is 0 Å². The average Bonchev–Trinajstić information content (AvgIpc) is 3.15. The number of nitrogen functional groups attached to an aromatic ring is 1. The third-order valence-corrected chi connectivity index (χ3v) is 5.87. The fourth-order valence-electron chi connectivity index (χ4n) is 3.58. The summed E-state index contributed by atoms with van der Waals surface area (Å²) in [6.45, 7) is 1.67. The highest BCUT2D eigenvalue weighted by Gasteiger charge is 2.35. The number of nitrogens with zero attached hydrogens (tertiary/aromatic N) is 3. The van der Waals surface area contributed by atoms with Gasteiger partial charge in [-0.3, -0.25) is 4.79 Å². The summed E-state index contributed by atoms with van der Waals surface area (Å²) in [4.78, 5) is 16.8. The smallest absolute Gasteiger partial charge is 0.405 e. The van der Waals surface area contributed by atoms with Crippen molar-refractivity contribution in [3.05, 3.63) is 58.1 Å². The number of alkyl halides is 3. The maximum Gasteiger partial charge on any atom is 0.573 e. The zero-order valence-corrected chi connectivity index (χ0v) is 18.4. The van der Waals surface area contributed by atoms with Gasteiger partial charge in [0.05, 0.1) is 10.0 Å². The molecule has 1 amide bonds. The van der Waals surface area contributed by atoms with Crippen LogP contribution in [0, 0.1) is 0 Å². The predicted molar refractivity (Wildman–Crippen MR) is 118 cm³/mol. The van der Waals surface area contributed by atoms with E-state index in [1.54, 1.807) is 12.1 Å². The molecule has 1 aliphatic heterocycles. The molecular formula is C21H17Cl2F3N4O3. The number of aromatic nitrogens is 1. The van der Waals surface area contributed by atoms with Crippen molar-refractivity contribution in [2.75, 3.05) is 36.8 Å². The molecule has 1 aromatic heterocycles. The van der Waals surface area contributed by atoms with Crippen molar-refractivity contribution in [1.82, 2.24) is 10.1 Å². The number of anilines is 2. The lowest BCUT2D eigenvalue weighted by Gasteiger charge is -2.36. The fourth-order valence-corrected chi connectivity index (χ4v) is 3.87. The summed E-state index contributed by atoms with van der Waals surface area (Å²) in [7, 11) is 0. The molecule has 3 aromatic rings. The van der Waals surface area contributed by atoms with Gasteiger partial charge in [-0.05, 0) is 30.3 Å². The van der Waals surface area contributed by atoms with Crippen LogP contribution in [0.3, 0.4) is 0 Å². The summed E-state index contributed by atoms with van der Waals surface area (Å²) in [5, 5.41) is 4.61. The standard InChI is InChI=1S/C21H17Cl2F3N4O3/c22-14-6-5-12(11-15(14)23)29-7-9-30(10-8-29)20(31)17-18(28-33-19(17)27)13-3-1-2-4-16(13)32-21(24,25)26/h1-6,11H,7-10,27H2. The quantitative estimate of drug-likeness (QED) is 0.536. The van der Waals surface area contributed by atoms with Gasteiger partial charge in [-0.15, -0.1) is 13.2 Å². The fraction of sp³-hybridized carbons (Fsp3) is 0.238. The summed E-state index contributed by atoms with van der Waals surface area (Å²) in [6.07, 6.45) is -4.92. The number of hydrogen-bond acceptors (Lipinski definition) is 6. The minimum Gasteiger partial charge on any atom is -0.405 e. The minimum atomic E-state index is -4.92. The Hall–Kier alpha value is -3.11. The molecule has 0 aliphatic carbocycles. The number of ether oxygens (including phenoxy) is 1. The lowest BCUT2D eigenvalue weighted by atomic mass is 10.0. The van der Waals surface area contributed by atoms with Gasteiger partial charge in [0.25, 0.3) is 5.91 Å². The van der Waals surface area contributed by atoms with E-state index >= 15 is 0 Å². The minimum absolute atomic E-state index is 0.0620. The SMILES string of the molecule is Nc1onc(-c2ccccc2OC(F)(F)F)c1C(=O)N1CCN(c2ccc(Cl)c(Cl)c2)CC1. The van der Waals surface area contributed by atoms with Gasteiger partial charge < -0.3 is 24.8 Å². The van der Waals surface area contributed by atoms with Crippen LogP contribution < -0.4 is 15.4 Å². The Kier molecular flexibility index (Phi) is 6.31. The van der Waals surface area contributed by atoms with Gasteiger partial charge in [0.2, 0.25) is 5.88 Å². The first kappa shape index (κ1) is 23.1. The van der Waals surface area contributed by atoms with Crippen LogP contribution in [-0.2, 0) is 0 Å². The van der Waals surface area contributed by atoms with Crippen molar-refractivity contribution < 1.29 is 27.2 Å². The summed E-state index contributed by atoms with van der Waals surface area (Å²) >= 11 is 12.1. The van der Waals surface area contributed by atoms with E-state index in [-0.39, 0.29) is 22.7 Å². The summed E-state index contributed by atoms with van der Waals surface area (Å²) in [5.74, 6) is -1.31. The van der Waals surface area contributed by atoms with Crippen molar-refractivity contribution in [2.24, 2.45) is 0 Å². The van der Waals surface area contributed by atoms with E-state index in [0.717, 1.165) is 11.8 Å². The van der Waals surface area contributed by atoms with E-state index < -0.39 is 18.0 Å². The van der Waals surface area contributed by atoms with Gasteiger partial charge in [0.1, 0.15) is 17.0 Å². The lowest BCUT2D eigenvalue weighted by Crippen LogP contribution is -2.49. The zero-order chi connectivity index (χ0) is 23.8. The molecule has 2 N–H and O–H groups in total. The Balaban J connectivity index is 1.55. The number of benzene rings is 2. The highest BCUT2D eigenvalue weighted by molar-refractivity contribution is 6.42. The maximum atomic E-state index is 13.2. The number of piperazine rings is 1. The summed E-state index contributed by atoms with van der Waals surface area (Å²) in [5.41, 5.74) is 6.40. The van der Waals surface area contributed by atoms with E-state index in [0.29, 0.717) is 36.2 Å². The van der Waals surface area contributed by atoms with Gasteiger partial charge in [0, 0.05) is 37.4 Å². The molecule has 0 spiro atoms. The van der Waals surface area contributed by atoms with Crippen LogP contribution in [0.25, 0.3) is 11.3 Å². The molecule has 0 saturated carbocycles. The van der Waals surface area contributed by atoms with Gasteiger partial charge in [0.15, 0.2) is 0 Å². The predicted octanol–water partition coefficient (Wildman–Crippen LogP) is 5.09. The van der Waals surface area contributed by atoms with E-state index in [2.05, 4.69) is 9.89 Å². The first-order valence-electron chi connectivity index (χ1n) is 9.73. The third kappa shape index (κ3) is 4.96. The van der Waals surface area contributed by atoms with E-state index in [1.165, 1.54) is 23.1 Å². The Morgan fingerprint density at radius 1 is 1.06 bits per heavy atom. The second kappa shape index (κ2) is 9.03. The second-order valence-corrected chi connectivity index (χ2v) is 8.01. The maximum absolute atomic E-state index is 13.2. The van der Waals surface area contributed by atoms with Gasteiger partial charge in [-0.1, -0.05) is 40.5 Å². The van der Waals surface area contributed by atoms with Crippen LogP contribution in [0.5, 0.6) is 5.75 Å². The number of amides is 1. The number of hydrogen-bond donors (Lipinski definition) is 1. The number of halogens is 5. The Morgan fingerprint density at radius 2 is 1.76 bits per heavy atom. The molecule has 1 aliphatic rings. The van der Waals surface area contributed by atoms with Gasteiger partial charge in [-0.25, -0.2) is 0 Å². The molecule has 0 atom stereocenters. The Labute approximate surface area is 196 Å². The first-order chi connectivity index (χ1) is 15.6. The molecule has 0 radical (unpaired) electrons. The number of para-hydroxylation sites is 1. The monoisotopic (exact) mass is 500 g/mol. The van der Waals surface area contributed by atoms with Gasteiger partial charge >= 0.3 is 6.36 Å². The molecule has 4 rings (SSSR count).